The van der Waals surface area contributed by atoms with Crippen molar-refractivity contribution in [2.45, 2.75) is 50.4 Å². The molecule has 0 aliphatic carbocycles. The molecule has 0 saturated carbocycles. The average molecular weight is 529 g/mol. The summed E-state index contributed by atoms with van der Waals surface area (Å²) in [7, 11) is 1.31. The molecule has 1 aromatic heterocycles. The first kappa shape index (κ1) is 28.1. The lowest BCUT2D eigenvalue weighted by molar-refractivity contribution is -0.727. The highest BCUT2D eigenvalue weighted by atomic mass is 16.6. The molecule has 2 unspecified atom stereocenters. The summed E-state index contributed by atoms with van der Waals surface area (Å²) < 4.78 is 12.0. The summed E-state index contributed by atoms with van der Waals surface area (Å²) in [5, 5.41) is 20.2. The second-order valence-corrected chi connectivity index (χ2v) is 8.78. The number of hydrogen-bond donors (Lipinski definition) is 3. The number of esters is 1. The molecule has 1 aliphatic rings. The van der Waals surface area contributed by atoms with Gasteiger partial charge in [0.2, 0.25) is 0 Å². The molecule has 2 aromatic rings. The number of ether oxygens (including phenoxy) is 2. The zero-order valence-electron chi connectivity index (χ0n) is 20.8. The summed E-state index contributed by atoms with van der Waals surface area (Å²) in [5.74, 6) is -4.77. The van der Waals surface area contributed by atoms with Gasteiger partial charge in [-0.05, 0) is 30.9 Å². The van der Waals surface area contributed by atoms with Crippen molar-refractivity contribution in [3.8, 4) is 0 Å². The van der Waals surface area contributed by atoms with Gasteiger partial charge in [0.15, 0.2) is 12.4 Å². The van der Waals surface area contributed by atoms with Crippen LogP contribution in [-0.2, 0) is 30.6 Å². The SMILES string of the molecule is COC(=O)C(c1ccccc1)C1CCCCN1C(=O)OC[n+]1cccc(C(=O)N[C@@H](CC(=O)O)C(=O)O)c1. The number of nitrogens with one attached hydrogen (secondary N) is 1. The van der Waals surface area contributed by atoms with Gasteiger partial charge in [-0.15, -0.1) is 0 Å². The van der Waals surface area contributed by atoms with Crippen molar-refractivity contribution in [2.75, 3.05) is 13.7 Å². The first-order valence-electron chi connectivity index (χ1n) is 12.0. The number of carbonyl (C=O) groups excluding carboxylic acids is 3. The average Bonchev–Trinajstić information content (AvgIpc) is 2.92. The normalized spacial score (nSPS) is 16.6. The minimum atomic E-state index is -1.60. The van der Waals surface area contributed by atoms with Crippen LogP contribution >= 0.6 is 0 Å². The van der Waals surface area contributed by atoms with Gasteiger partial charge in [0, 0.05) is 12.6 Å². The standard InChI is InChI=1S/C26H29N3O9/c1-37-25(35)22(17-8-3-2-4-9-17)20-11-5-6-13-29(20)26(36)38-16-28-12-7-10-18(15-28)23(32)27-19(24(33)34)14-21(30)31/h2-4,7-10,12,15,19-20,22H,5-6,11,13-14,16H2,1H3,(H2-,27,30,31,32,33,34)/p+1/t19-,20?,22?/m0/s1. The van der Waals surface area contributed by atoms with Crippen LogP contribution in [0.5, 0.6) is 0 Å². The number of methoxy groups -OCH3 is 1. The van der Waals surface area contributed by atoms with Gasteiger partial charge >= 0.3 is 24.0 Å². The summed E-state index contributed by atoms with van der Waals surface area (Å²) in [6, 6.07) is 9.95. The Morgan fingerprint density at radius 1 is 1.08 bits per heavy atom. The number of aromatic nitrogens is 1. The summed E-state index contributed by atoms with van der Waals surface area (Å²) in [5.41, 5.74) is 0.783. The lowest BCUT2D eigenvalue weighted by atomic mass is 9.85. The number of nitrogens with zero attached hydrogens (tertiary/aromatic N) is 2. The Hall–Kier alpha value is -4.48. The van der Waals surface area contributed by atoms with Crippen LogP contribution in [0.4, 0.5) is 4.79 Å². The van der Waals surface area contributed by atoms with E-state index in [1.807, 2.05) is 30.3 Å². The fraction of sp³-hybridized carbons (Fsp3) is 0.385. The van der Waals surface area contributed by atoms with Crippen LogP contribution in [0.25, 0.3) is 0 Å². The van der Waals surface area contributed by atoms with Crippen molar-refractivity contribution in [2.24, 2.45) is 0 Å². The Labute approximate surface area is 218 Å². The van der Waals surface area contributed by atoms with E-state index in [4.69, 9.17) is 19.7 Å². The summed E-state index contributed by atoms with van der Waals surface area (Å²) in [6.07, 6.45) is 3.65. The lowest BCUT2D eigenvalue weighted by Gasteiger charge is -2.38. The van der Waals surface area contributed by atoms with Crippen molar-refractivity contribution in [3.63, 3.8) is 0 Å². The molecule has 1 aromatic carbocycles. The number of piperidine rings is 1. The smallest absolute Gasteiger partial charge is 0.414 e. The molecule has 2 amide bonds. The number of carboxylic acids is 2. The highest BCUT2D eigenvalue weighted by molar-refractivity contribution is 5.96. The van der Waals surface area contributed by atoms with Gasteiger partial charge in [0.25, 0.3) is 12.6 Å². The van der Waals surface area contributed by atoms with Crippen LogP contribution in [0.1, 0.15) is 47.5 Å². The molecule has 3 atom stereocenters. The van der Waals surface area contributed by atoms with Crippen molar-refractivity contribution in [1.29, 1.82) is 0 Å². The monoisotopic (exact) mass is 528 g/mol. The zero-order chi connectivity index (χ0) is 27.7. The van der Waals surface area contributed by atoms with E-state index < -0.39 is 54.3 Å². The van der Waals surface area contributed by atoms with E-state index >= 15 is 0 Å². The highest BCUT2D eigenvalue weighted by Gasteiger charge is 2.39. The molecular weight excluding hydrogens is 498 g/mol. The maximum atomic E-state index is 13.1. The molecular formula is C26H30N3O9+. The van der Waals surface area contributed by atoms with E-state index in [2.05, 4.69) is 5.32 Å². The molecule has 1 saturated heterocycles. The number of aliphatic carboxylic acids is 2. The second-order valence-electron chi connectivity index (χ2n) is 8.78. The van der Waals surface area contributed by atoms with E-state index in [9.17, 15) is 24.0 Å². The van der Waals surface area contributed by atoms with Crippen LogP contribution in [0.2, 0.25) is 0 Å². The Kier molecular flexibility index (Phi) is 9.74. The molecule has 0 radical (unpaired) electrons. The van der Waals surface area contributed by atoms with Gasteiger partial charge in [-0.3, -0.25) is 14.4 Å². The second kappa shape index (κ2) is 13.2. The van der Waals surface area contributed by atoms with E-state index in [1.54, 1.807) is 6.20 Å². The molecule has 38 heavy (non-hydrogen) atoms. The van der Waals surface area contributed by atoms with Crippen molar-refractivity contribution >= 4 is 29.9 Å². The number of pyridine rings is 1. The number of benzene rings is 1. The number of hydrogen-bond acceptors (Lipinski definition) is 7. The van der Waals surface area contributed by atoms with E-state index in [-0.39, 0.29) is 12.3 Å². The molecule has 0 spiro atoms. The quantitative estimate of drug-likeness (QED) is 0.306. The van der Waals surface area contributed by atoms with Crippen LogP contribution < -0.4 is 9.88 Å². The fourth-order valence-electron chi connectivity index (χ4n) is 4.40. The molecule has 202 valence electrons. The number of likely N-dealkylation sites (tertiary alicyclic amines) is 1. The van der Waals surface area contributed by atoms with Crippen molar-refractivity contribution < 1.29 is 48.2 Å². The molecule has 0 bridgehead atoms. The van der Waals surface area contributed by atoms with E-state index in [0.717, 1.165) is 18.4 Å². The zero-order valence-corrected chi connectivity index (χ0v) is 20.8. The molecule has 12 heteroatoms. The molecule has 1 aliphatic heterocycles. The van der Waals surface area contributed by atoms with Crippen LogP contribution in [0.15, 0.2) is 54.9 Å². The molecule has 2 heterocycles. The van der Waals surface area contributed by atoms with Gasteiger partial charge in [0.1, 0.15) is 17.5 Å². The maximum absolute atomic E-state index is 13.1. The minimum Gasteiger partial charge on any atom is -0.481 e. The predicted octanol–water partition coefficient (Wildman–Crippen LogP) is 1.54. The van der Waals surface area contributed by atoms with Gasteiger partial charge in [0.05, 0.1) is 19.6 Å². The number of rotatable bonds is 10. The Morgan fingerprint density at radius 2 is 1.82 bits per heavy atom. The van der Waals surface area contributed by atoms with Gasteiger partial charge in [-0.2, -0.15) is 4.57 Å². The lowest BCUT2D eigenvalue weighted by Crippen LogP contribution is -2.50. The highest BCUT2D eigenvalue weighted by Crippen LogP contribution is 2.32. The van der Waals surface area contributed by atoms with E-state index in [1.165, 1.54) is 34.9 Å². The fourth-order valence-corrected chi connectivity index (χ4v) is 4.40. The van der Waals surface area contributed by atoms with Crippen LogP contribution in [0.3, 0.4) is 0 Å². The predicted molar refractivity (Wildman–Crippen MR) is 130 cm³/mol. The van der Waals surface area contributed by atoms with Crippen molar-refractivity contribution in [1.82, 2.24) is 10.2 Å². The van der Waals surface area contributed by atoms with Crippen molar-refractivity contribution in [3.05, 3.63) is 66.0 Å². The first-order chi connectivity index (χ1) is 18.2. The Bertz CT molecular complexity index is 1170. The summed E-state index contributed by atoms with van der Waals surface area (Å²) in [6.45, 7) is 0.145. The first-order valence-corrected chi connectivity index (χ1v) is 12.0. The van der Waals surface area contributed by atoms with Crippen LogP contribution in [0, 0.1) is 0 Å². The third kappa shape index (κ3) is 7.28. The third-order valence-electron chi connectivity index (χ3n) is 6.22. The van der Waals surface area contributed by atoms with Gasteiger partial charge < -0.3 is 29.9 Å². The Balaban J connectivity index is 1.70. The third-order valence-corrected chi connectivity index (χ3v) is 6.22. The Morgan fingerprint density at radius 3 is 2.47 bits per heavy atom. The van der Waals surface area contributed by atoms with Gasteiger partial charge in [-0.25, -0.2) is 9.59 Å². The van der Waals surface area contributed by atoms with Gasteiger partial charge in [-0.1, -0.05) is 30.3 Å². The maximum Gasteiger partial charge on any atom is 0.414 e. The molecule has 3 N–H and O–H groups in total. The minimum absolute atomic E-state index is 0.0471. The number of carboxylic acid groups (broad SMARTS) is 2. The van der Waals surface area contributed by atoms with Crippen LogP contribution in [-0.4, -0.2) is 70.8 Å². The number of amides is 2. The largest absolute Gasteiger partial charge is 0.481 e. The molecule has 1 fully saturated rings. The topological polar surface area (TPSA) is 163 Å². The van der Waals surface area contributed by atoms with E-state index in [0.29, 0.717) is 13.0 Å². The molecule has 3 rings (SSSR count). The molecule has 12 nitrogen and oxygen atoms in total. The number of carbonyl (C=O) groups is 5. The summed E-state index contributed by atoms with van der Waals surface area (Å²) in [4.78, 5) is 62.0. The summed E-state index contributed by atoms with van der Waals surface area (Å²) >= 11 is 0.